The summed E-state index contributed by atoms with van der Waals surface area (Å²) in [6.45, 7) is 3.55. The first-order valence-corrected chi connectivity index (χ1v) is 8.41. The molecule has 0 spiro atoms. The minimum atomic E-state index is -0.250. The number of methoxy groups -OCH3 is 2. The van der Waals surface area contributed by atoms with Crippen molar-refractivity contribution >= 4 is 12.4 Å². The van der Waals surface area contributed by atoms with Gasteiger partial charge in [-0.1, -0.05) is 0 Å². The van der Waals surface area contributed by atoms with Gasteiger partial charge in [0.05, 0.1) is 33.5 Å². The van der Waals surface area contributed by atoms with Crippen molar-refractivity contribution in [1.82, 2.24) is 9.80 Å². The fourth-order valence-electron chi connectivity index (χ4n) is 3.37. The highest BCUT2D eigenvalue weighted by Crippen LogP contribution is 2.29. The van der Waals surface area contributed by atoms with Crippen molar-refractivity contribution in [3.63, 3.8) is 0 Å². The number of nitrogens with zero attached hydrogens (tertiary/aromatic N) is 2. The standard InChI is InChI=1S/C17H24N2O4.CH2O2/c1-18-7-12-8-19(9-14(18)11-23-10-12)17(20)13-4-5-15(21-2)16(6-13)22-3;2-1-3/h4-6,12,14H,7-11H2,1-3H3;1H,(H,2,3)/t12-,14+;/m1./s1. The van der Waals surface area contributed by atoms with E-state index in [0.717, 1.165) is 19.7 Å². The summed E-state index contributed by atoms with van der Waals surface area (Å²) >= 11 is 0. The van der Waals surface area contributed by atoms with E-state index in [-0.39, 0.29) is 18.4 Å². The van der Waals surface area contributed by atoms with Crippen LogP contribution in [0, 0.1) is 5.92 Å². The average Bonchev–Trinajstić information content (AvgIpc) is 2.89. The van der Waals surface area contributed by atoms with E-state index in [1.165, 1.54) is 0 Å². The van der Waals surface area contributed by atoms with Crippen molar-refractivity contribution in [3.05, 3.63) is 23.8 Å². The number of hydrogen-bond acceptors (Lipinski definition) is 6. The van der Waals surface area contributed by atoms with Crippen LogP contribution in [0.25, 0.3) is 0 Å². The smallest absolute Gasteiger partial charge is 0.290 e. The molecule has 2 aliphatic rings. The van der Waals surface area contributed by atoms with Gasteiger partial charge in [0, 0.05) is 31.1 Å². The highest BCUT2D eigenvalue weighted by Gasteiger charge is 2.33. The second kappa shape index (κ2) is 9.40. The minimum Gasteiger partial charge on any atom is -0.493 e. The van der Waals surface area contributed by atoms with Crippen LogP contribution in [0.2, 0.25) is 0 Å². The van der Waals surface area contributed by atoms with Crippen molar-refractivity contribution in [2.75, 3.05) is 54.1 Å². The molecule has 1 N–H and O–H groups in total. The van der Waals surface area contributed by atoms with Gasteiger partial charge in [-0.2, -0.15) is 0 Å². The lowest BCUT2D eigenvalue weighted by Crippen LogP contribution is -2.44. The summed E-state index contributed by atoms with van der Waals surface area (Å²) in [4.78, 5) is 25.5. The summed E-state index contributed by atoms with van der Waals surface area (Å²) in [5.41, 5.74) is 0.631. The molecule has 8 nitrogen and oxygen atoms in total. The van der Waals surface area contributed by atoms with Crippen molar-refractivity contribution in [2.24, 2.45) is 5.92 Å². The molecule has 2 atom stereocenters. The van der Waals surface area contributed by atoms with Crippen LogP contribution in [0.3, 0.4) is 0 Å². The zero-order chi connectivity index (χ0) is 19.1. The maximum absolute atomic E-state index is 12.9. The van der Waals surface area contributed by atoms with E-state index >= 15 is 0 Å². The lowest BCUT2D eigenvalue weighted by molar-refractivity contribution is -0.122. The van der Waals surface area contributed by atoms with Crippen molar-refractivity contribution in [1.29, 1.82) is 0 Å². The number of likely N-dealkylation sites (N-methyl/N-ethyl adjacent to an activating group) is 1. The third-order valence-corrected chi connectivity index (χ3v) is 4.66. The summed E-state index contributed by atoms with van der Waals surface area (Å²) in [5, 5.41) is 6.89. The predicted octanol–water partition coefficient (Wildman–Crippen LogP) is 0.807. The number of hydrogen-bond donors (Lipinski definition) is 1. The molecular weight excluding hydrogens is 340 g/mol. The molecule has 2 aliphatic heterocycles. The second-order valence-corrected chi connectivity index (χ2v) is 6.38. The summed E-state index contributed by atoms with van der Waals surface area (Å²) < 4.78 is 16.3. The molecule has 144 valence electrons. The van der Waals surface area contributed by atoms with Crippen LogP contribution in [0.5, 0.6) is 11.5 Å². The lowest BCUT2D eigenvalue weighted by Gasteiger charge is -2.30. The van der Waals surface area contributed by atoms with Gasteiger partial charge in [0.25, 0.3) is 12.4 Å². The van der Waals surface area contributed by atoms with E-state index in [1.54, 1.807) is 32.4 Å². The average molecular weight is 366 g/mol. The zero-order valence-electron chi connectivity index (χ0n) is 15.4. The molecular formula is C18H26N2O6. The van der Waals surface area contributed by atoms with Gasteiger partial charge in [0.15, 0.2) is 11.5 Å². The molecule has 26 heavy (non-hydrogen) atoms. The third-order valence-electron chi connectivity index (χ3n) is 4.66. The van der Waals surface area contributed by atoms with Crippen LogP contribution >= 0.6 is 0 Å². The number of ether oxygens (including phenoxy) is 3. The molecule has 3 rings (SSSR count). The maximum Gasteiger partial charge on any atom is 0.290 e. The van der Waals surface area contributed by atoms with E-state index in [0.29, 0.717) is 36.1 Å². The second-order valence-electron chi connectivity index (χ2n) is 6.38. The molecule has 2 saturated heterocycles. The molecule has 2 fully saturated rings. The number of carbonyl (C=O) groups excluding carboxylic acids is 1. The van der Waals surface area contributed by atoms with E-state index in [4.69, 9.17) is 24.1 Å². The molecule has 0 aliphatic carbocycles. The quantitative estimate of drug-likeness (QED) is 0.792. The Bertz CT molecular complexity index is 624. The van der Waals surface area contributed by atoms with Gasteiger partial charge >= 0.3 is 0 Å². The van der Waals surface area contributed by atoms with Crippen molar-refractivity contribution in [3.8, 4) is 11.5 Å². The number of carbonyl (C=O) groups is 2. The monoisotopic (exact) mass is 366 g/mol. The molecule has 1 aromatic rings. The lowest BCUT2D eigenvalue weighted by atomic mass is 10.1. The molecule has 8 heteroatoms. The van der Waals surface area contributed by atoms with Crippen LogP contribution < -0.4 is 9.47 Å². The first-order valence-electron chi connectivity index (χ1n) is 8.41. The first-order chi connectivity index (χ1) is 12.5. The molecule has 1 aromatic carbocycles. The van der Waals surface area contributed by atoms with Gasteiger partial charge in [0.2, 0.25) is 0 Å². The van der Waals surface area contributed by atoms with E-state index in [9.17, 15) is 4.79 Å². The first kappa shape index (κ1) is 20.0. The van der Waals surface area contributed by atoms with Crippen LogP contribution in [0.1, 0.15) is 10.4 Å². The Labute approximate surface area is 153 Å². The highest BCUT2D eigenvalue weighted by molar-refractivity contribution is 5.95. The Balaban J connectivity index is 0.000000758. The number of carboxylic acid groups (broad SMARTS) is 1. The largest absolute Gasteiger partial charge is 0.493 e. The normalized spacial score (nSPS) is 22.5. The van der Waals surface area contributed by atoms with Crippen LogP contribution in [0.15, 0.2) is 18.2 Å². The van der Waals surface area contributed by atoms with E-state index < -0.39 is 0 Å². The summed E-state index contributed by atoms with van der Waals surface area (Å²) in [7, 11) is 5.27. The fraction of sp³-hybridized carbons (Fsp3) is 0.556. The van der Waals surface area contributed by atoms with E-state index in [2.05, 4.69) is 11.9 Å². The molecule has 1 amide bonds. The summed E-state index contributed by atoms with van der Waals surface area (Å²) in [5.74, 6) is 1.61. The van der Waals surface area contributed by atoms with Gasteiger partial charge < -0.3 is 24.2 Å². The van der Waals surface area contributed by atoms with Crippen molar-refractivity contribution in [2.45, 2.75) is 6.04 Å². The zero-order valence-corrected chi connectivity index (χ0v) is 15.4. The predicted molar refractivity (Wildman–Crippen MR) is 94.9 cm³/mol. The van der Waals surface area contributed by atoms with Gasteiger partial charge in [-0.15, -0.1) is 0 Å². The van der Waals surface area contributed by atoms with Gasteiger partial charge in [0.1, 0.15) is 0 Å². The minimum absolute atomic E-state index is 0.0400. The number of benzene rings is 1. The van der Waals surface area contributed by atoms with E-state index in [1.807, 2.05) is 4.90 Å². The van der Waals surface area contributed by atoms with Crippen LogP contribution in [-0.4, -0.2) is 87.4 Å². The Morgan fingerprint density at radius 2 is 1.88 bits per heavy atom. The summed E-state index contributed by atoms with van der Waals surface area (Å²) in [6.07, 6.45) is 0. The van der Waals surface area contributed by atoms with Crippen molar-refractivity contribution < 1.29 is 28.9 Å². The van der Waals surface area contributed by atoms with Crippen LogP contribution in [-0.2, 0) is 9.53 Å². The SMILES string of the molecule is COc1ccc(C(=O)N2C[C@@H]3COC[C@H](C2)N(C)C3)cc1OC.O=CO. The molecule has 2 bridgehead atoms. The molecule has 0 aromatic heterocycles. The number of rotatable bonds is 3. The Morgan fingerprint density at radius 3 is 2.54 bits per heavy atom. The highest BCUT2D eigenvalue weighted by atomic mass is 16.5. The molecule has 0 radical (unpaired) electrons. The Morgan fingerprint density at radius 1 is 1.19 bits per heavy atom. The van der Waals surface area contributed by atoms with Gasteiger partial charge in [-0.25, -0.2) is 0 Å². The maximum atomic E-state index is 12.9. The molecule has 0 saturated carbocycles. The number of fused-ring (bicyclic) bond motifs is 3. The Hall–Kier alpha value is -2.32. The van der Waals surface area contributed by atoms with Crippen LogP contribution in [0.4, 0.5) is 0 Å². The Kier molecular flexibility index (Phi) is 7.23. The molecule has 2 heterocycles. The fourth-order valence-corrected chi connectivity index (χ4v) is 3.37. The molecule has 0 unspecified atom stereocenters. The summed E-state index contributed by atoms with van der Waals surface area (Å²) in [6, 6.07) is 5.58. The third kappa shape index (κ3) is 4.64. The topological polar surface area (TPSA) is 88.5 Å². The number of amides is 1. The van der Waals surface area contributed by atoms with Gasteiger partial charge in [-0.3, -0.25) is 14.5 Å². The van der Waals surface area contributed by atoms with Gasteiger partial charge in [-0.05, 0) is 25.2 Å².